The third-order valence-corrected chi connectivity index (χ3v) is 6.02. The van der Waals surface area contributed by atoms with Gasteiger partial charge in [0.2, 0.25) is 0 Å². The van der Waals surface area contributed by atoms with Crippen molar-refractivity contribution in [3.63, 3.8) is 0 Å². The van der Waals surface area contributed by atoms with Crippen molar-refractivity contribution in [3.05, 3.63) is 93.0 Å². The number of rotatable bonds is 6. The normalized spacial score (nSPS) is 12.8. The smallest absolute Gasteiger partial charge is 0.339 e. The predicted molar refractivity (Wildman–Crippen MR) is 134 cm³/mol. The molecule has 0 spiro atoms. The molecule has 0 saturated heterocycles. The number of pyridine rings is 1. The van der Waals surface area contributed by atoms with Crippen LogP contribution in [0.5, 0.6) is 0 Å². The van der Waals surface area contributed by atoms with Crippen molar-refractivity contribution in [1.29, 1.82) is 0 Å². The lowest BCUT2D eigenvalue weighted by molar-refractivity contribution is -0.161. The zero-order valence-electron chi connectivity index (χ0n) is 20.2. The Labute approximate surface area is 211 Å². The molecule has 4 rings (SSSR count). The minimum Gasteiger partial charge on any atom is -0.479 e. The Hall–Kier alpha value is -3.49. The number of benzene rings is 2. The average molecular weight is 515 g/mol. The van der Waals surface area contributed by atoms with E-state index in [0.717, 1.165) is 12.1 Å². The van der Waals surface area contributed by atoms with Crippen LogP contribution in [0.3, 0.4) is 0 Å². The summed E-state index contributed by atoms with van der Waals surface area (Å²) in [5.74, 6) is -3.18. The first kappa shape index (κ1) is 25.6. The van der Waals surface area contributed by atoms with E-state index in [4.69, 9.17) is 16.3 Å². The lowest BCUT2D eigenvalue weighted by Gasteiger charge is -2.28. The number of carbonyl (C=O) groups is 1. The molecule has 0 bridgehead atoms. The first-order valence-corrected chi connectivity index (χ1v) is 11.6. The summed E-state index contributed by atoms with van der Waals surface area (Å²) in [5.41, 5.74) is 0.816. The molecular weight excluding hydrogens is 490 g/mol. The van der Waals surface area contributed by atoms with Gasteiger partial charge in [0.25, 0.3) is 5.56 Å². The van der Waals surface area contributed by atoms with Crippen LogP contribution in [0.1, 0.15) is 38.1 Å². The van der Waals surface area contributed by atoms with Crippen LogP contribution in [0.25, 0.3) is 22.0 Å². The van der Waals surface area contributed by atoms with Gasteiger partial charge >= 0.3 is 5.97 Å². The molecule has 0 saturated carbocycles. The van der Waals surface area contributed by atoms with Crippen molar-refractivity contribution in [2.24, 2.45) is 7.05 Å². The Kier molecular flexibility index (Phi) is 6.77. The zero-order chi connectivity index (χ0) is 26.4. The van der Waals surface area contributed by atoms with Gasteiger partial charge in [-0.2, -0.15) is 0 Å². The summed E-state index contributed by atoms with van der Waals surface area (Å²) >= 11 is 6.10. The quantitative estimate of drug-likeness (QED) is 0.346. The van der Waals surface area contributed by atoms with Gasteiger partial charge in [-0.1, -0.05) is 29.8 Å². The maximum atomic E-state index is 13.8. The van der Waals surface area contributed by atoms with Crippen molar-refractivity contribution in [2.75, 3.05) is 0 Å². The molecule has 0 aliphatic rings. The van der Waals surface area contributed by atoms with Gasteiger partial charge < -0.3 is 19.0 Å². The average Bonchev–Trinajstić information content (AvgIpc) is 3.20. The van der Waals surface area contributed by atoms with E-state index in [1.54, 1.807) is 61.9 Å². The van der Waals surface area contributed by atoms with Crippen LogP contribution in [-0.2, 0) is 23.1 Å². The van der Waals surface area contributed by atoms with E-state index in [9.17, 15) is 23.5 Å². The summed E-state index contributed by atoms with van der Waals surface area (Å²) in [4.78, 5) is 26.0. The number of carboxylic acid groups (broad SMARTS) is 1. The van der Waals surface area contributed by atoms with Crippen molar-refractivity contribution in [1.82, 2.24) is 9.13 Å². The highest BCUT2D eigenvalue weighted by Gasteiger charge is 2.33. The summed E-state index contributed by atoms with van der Waals surface area (Å²) in [5, 5.41) is 11.1. The Balaban J connectivity index is 2.02. The lowest BCUT2D eigenvalue weighted by Crippen LogP contribution is -2.33. The fourth-order valence-corrected chi connectivity index (χ4v) is 4.38. The summed E-state index contributed by atoms with van der Waals surface area (Å²) in [6.45, 7) is 5.32. The van der Waals surface area contributed by atoms with Gasteiger partial charge in [0.15, 0.2) is 17.7 Å². The Morgan fingerprint density at radius 2 is 1.75 bits per heavy atom. The Morgan fingerprint density at radius 1 is 1.08 bits per heavy atom. The highest BCUT2D eigenvalue weighted by Crippen LogP contribution is 2.37. The maximum absolute atomic E-state index is 13.8. The van der Waals surface area contributed by atoms with Crippen LogP contribution in [0.2, 0.25) is 5.02 Å². The van der Waals surface area contributed by atoms with Crippen molar-refractivity contribution < 1.29 is 23.4 Å². The zero-order valence-corrected chi connectivity index (χ0v) is 20.9. The van der Waals surface area contributed by atoms with Gasteiger partial charge in [0.1, 0.15) is 5.52 Å². The van der Waals surface area contributed by atoms with E-state index in [-0.39, 0.29) is 17.8 Å². The van der Waals surface area contributed by atoms with Gasteiger partial charge in [0, 0.05) is 35.8 Å². The molecule has 1 unspecified atom stereocenters. The summed E-state index contributed by atoms with van der Waals surface area (Å²) in [7, 11) is 1.49. The second-order valence-corrected chi connectivity index (χ2v) is 9.97. The van der Waals surface area contributed by atoms with E-state index in [1.165, 1.54) is 17.7 Å². The Morgan fingerprint density at radius 3 is 2.33 bits per heavy atom. The first-order chi connectivity index (χ1) is 16.9. The van der Waals surface area contributed by atoms with E-state index in [2.05, 4.69) is 0 Å². The fraction of sp³-hybridized carbons (Fsp3) is 0.259. The molecule has 0 amide bonds. The van der Waals surface area contributed by atoms with Crippen LogP contribution in [0, 0.1) is 11.6 Å². The molecule has 0 fully saturated rings. The van der Waals surface area contributed by atoms with Crippen molar-refractivity contribution >= 4 is 28.5 Å². The maximum Gasteiger partial charge on any atom is 0.339 e. The molecule has 6 nitrogen and oxygen atoms in total. The van der Waals surface area contributed by atoms with E-state index in [0.29, 0.717) is 27.1 Å². The van der Waals surface area contributed by atoms with Gasteiger partial charge in [-0.15, -0.1) is 0 Å². The number of hydrogen-bond donors (Lipinski definition) is 1. The number of nitrogens with zero attached hydrogens (tertiary/aromatic N) is 2. The predicted octanol–water partition coefficient (Wildman–Crippen LogP) is 5.93. The monoisotopic (exact) mass is 514 g/mol. The fourth-order valence-electron chi connectivity index (χ4n) is 4.26. The highest BCUT2D eigenvalue weighted by atomic mass is 35.5. The number of hydrogen-bond acceptors (Lipinski definition) is 3. The van der Waals surface area contributed by atoms with E-state index in [1.807, 2.05) is 0 Å². The van der Waals surface area contributed by atoms with E-state index < -0.39 is 34.9 Å². The molecule has 0 aliphatic heterocycles. The van der Waals surface area contributed by atoms with Crippen molar-refractivity contribution in [2.45, 2.75) is 39.0 Å². The van der Waals surface area contributed by atoms with Gasteiger partial charge in [-0.25, -0.2) is 13.6 Å². The number of fused-ring (bicyclic) bond motifs is 1. The number of carboxylic acids is 1. The van der Waals surface area contributed by atoms with E-state index >= 15 is 0 Å². The van der Waals surface area contributed by atoms with Gasteiger partial charge in [-0.05, 0) is 62.2 Å². The minimum atomic E-state index is -1.44. The van der Waals surface area contributed by atoms with Gasteiger partial charge in [-0.3, -0.25) is 4.79 Å². The molecule has 36 heavy (non-hydrogen) atoms. The van der Waals surface area contributed by atoms with Crippen LogP contribution in [-0.4, -0.2) is 25.8 Å². The number of aliphatic carboxylic acids is 1. The summed E-state index contributed by atoms with van der Waals surface area (Å²) < 4.78 is 36.0. The van der Waals surface area contributed by atoms with Gasteiger partial charge in [0.05, 0.1) is 11.3 Å². The molecule has 2 heterocycles. The van der Waals surface area contributed by atoms with Crippen LogP contribution in [0.4, 0.5) is 8.78 Å². The first-order valence-electron chi connectivity index (χ1n) is 11.2. The number of halogens is 3. The molecule has 4 aromatic rings. The van der Waals surface area contributed by atoms with Crippen LogP contribution in [0.15, 0.2) is 59.5 Å². The molecule has 1 atom stereocenters. The molecule has 9 heteroatoms. The second kappa shape index (κ2) is 9.52. The molecule has 2 aromatic carbocycles. The highest BCUT2D eigenvalue weighted by molar-refractivity contribution is 6.30. The van der Waals surface area contributed by atoms with Crippen molar-refractivity contribution in [3.8, 4) is 11.1 Å². The molecule has 1 N–H and O–H groups in total. The largest absolute Gasteiger partial charge is 0.479 e. The van der Waals surface area contributed by atoms with Crippen LogP contribution < -0.4 is 5.56 Å². The minimum absolute atomic E-state index is 0.107. The Bertz CT molecular complexity index is 1520. The standard InChI is InChI=1S/C27H25ClF2N2O4/c1-27(2,3)36-24(26(34)35)23-21(16-6-8-17(28)9-7-16)18-11-12-32(22(18)25(33)31(23)4)14-15-5-10-19(29)20(30)13-15/h5-13,24H,14H2,1-4H3,(H,34,35). The number of ether oxygens (including phenoxy) is 1. The topological polar surface area (TPSA) is 73.5 Å². The third kappa shape index (κ3) is 4.92. The SMILES string of the molecule is Cn1c(C(OC(C)(C)C)C(=O)O)c(-c2ccc(Cl)cc2)c2ccn(Cc3ccc(F)c(F)c3)c2c1=O. The second-order valence-electron chi connectivity index (χ2n) is 9.53. The molecule has 188 valence electrons. The molecule has 0 radical (unpaired) electrons. The molecular formula is C27H25ClF2N2O4. The molecule has 2 aromatic heterocycles. The lowest BCUT2D eigenvalue weighted by atomic mass is 9.96. The van der Waals surface area contributed by atoms with Crippen LogP contribution >= 0.6 is 11.6 Å². The summed E-state index contributed by atoms with van der Waals surface area (Å²) in [6, 6.07) is 12.1. The third-order valence-electron chi connectivity index (χ3n) is 5.77. The summed E-state index contributed by atoms with van der Waals surface area (Å²) in [6.07, 6.45) is 0.226. The number of aromatic nitrogens is 2. The molecule has 0 aliphatic carbocycles.